The molecule has 5 atom stereocenters. The van der Waals surface area contributed by atoms with Crippen molar-refractivity contribution in [3.05, 3.63) is 0 Å². The van der Waals surface area contributed by atoms with E-state index in [2.05, 4.69) is 6.92 Å². The van der Waals surface area contributed by atoms with Crippen LogP contribution in [-0.2, 0) is 0 Å². The molecule has 0 radical (unpaired) electrons. The average Bonchev–Trinajstić information content (AvgIpc) is 2.01. The first-order valence-corrected chi connectivity index (χ1v) is 5.45. The summed E-state index contributed by atoms with van der Waals surface area (Å²) in [7, 11) is 0. The van der Waals surface area contributed by atoms with Crippen LogP contribution in [-0.4, -0.2) is 6.04 Å². The second kappa shape index (κ2) is 2.06. The van der Waals surface area contributed by atoms with E-state index < -0.39 is 0 Å². The molecule has 0 aromatic heterocycles. The lowest BCUT2D eigenvalue weighted by Gasteiger charge is -2.66. The minimum Gasteiger partial charge on any atom is -0.328 e. The maximum atomic E-state index is 6.05. The zero-order valence-corrected chi connectivity index (χ0v) is 7.92. The van der Waals surface area contributed by atoms with Crippen LogP contribution in [0, 0.1) is 23.2 Å². The minimum atomic E-state index is 0.533. The Hall–Kier alpha value is -0.0400. The maximum Gasteiger partial charge on any atom is 0.00416 e. The fourth-order valence-corrected chi connectivity index (χ4v) is 4.46. The van der Waals surface area contributed by atoms with Gasteiger partial charge in [0.15, 0.2) is 0 Å². The van der Waals surface area contributed by atoms with Crippen molar-refractivity contribution in [3.8, 4) is 0 Å². The Balaban J connectivity index is 1.80. The largest absolute Gasteiger partial charge is 0.328 e. The molecule has 0 spiro atoms. The molecule has 68 valence electrons. The summed E-state index contributed by atoms with van der Waals surface area (Å²) < 4.78 is 0. The normalized spacial score (nSPS) is 62.5. The summed E-state index contributed by atoms with van der Waals surface area (Å²) in [5, 5.41) is 0. The van der Waals surface area contributed by atoms with Gasteiger partial charge in [0.05, 0.1) is 0 Å². The van der Waals surface area contributed by atoms with Gasteiger partial charge in [0.1, 0.15) is 0 Å². The zero-order chi connectivity index (χ0) is 8.34. The van der Waals surface area contributed by atoms with E-state index in [0.29, 0.717) is 6.04 Å². The molecule has 12 heavy (non-hydrogen) atoms. The van der Waals surface area contributed by atoms with Gasteiger partial charge in [-0.25, -0.2) is 0 Å². The van der Waals surface area contributed by atoms with Crippen LogP contribution in [0.15, 0.2) is 0 Å². The van der Waals surface area contributed by atoms with Gasteiger partial charge in [0, 0.05) is 6.04 Å². The molecular weight excluding hydrogens is 146 g/mol. The summed E-state index contributed by atoms with van der Waals surface area (Å²) in [5.41, 5.74) is 6.82. The van der Waals surface area contributed by atoms with Crippen LogP contribution in [0.5, 0.6) is 0 Å². The lowest BCUT2D eigenvalue weighted by atomic mass is 9.39. The monoisotopic (exact) mass is 165 g/mol. The Morgan fingerprint density at radius 3 is 2.67 bits per heavy atom. The second-order valence-corrected chi connectivity index (χ2v) is 5.68. The van der Waals surface area contributed by atoms with Gasteiger partial charge in [-0.1, -0.05) is 6.92 Å². The average molecular weight is 165 g/mol. The van der Waals surface area contributed by atoms with Crippen LogP contribution < -0.4 is 5.73 Å². The van der Waals surface area contributed by atoms with Gasteiger partial charge in [0.25, 0.3) is 0 Å². The van der Waals surface area contributed by atoms with Gasteiger partial charge in [-0.15, -0.1) is 0 Å². The molecule has 3 saturated carbocycles. The third-order valence-electron chi connectivity index (χ3n) is 4.79. The second-order valence-electron chi connectivity index (χ2n) is 5.68. The van der Waals surface area contributed by atoms with E-state index in [1.807, 2.05) is 0 Å². The SMILES string of the molecule is CC12C[C@@H]3CC[C@@H](N)C[C@@H](C1)C32. The quantitative estimate of drug-likeness (QED) is 0.585. The van der Waals surface area contributed by atoms with Crippen LogP contribution in [0.25, 0.3) is 0 Å². The maximum absolute atomic E-state index is 6.05. The van der Waals surface area contributed by atoms with Gasteiger partial charge < -0.3 is 5.73 Å². The van der Waals surface area contributed by atoms with Crippen molar-refractivity contribution in [1.82, 2.24) is 0 Å². The zero-order valence-electron chi connectivity index (χ0n) is 7.92. The standard InChI is InChI=1S/C11H19N/c1-11-5-7-2-3-9(12)4-8(6-11)10(7)11/h7-10H,2-6,12H2,1H3/t7-,8-,9+,10?,11?/m0/s1. The molecule has 0 amide bonds. The van der Waals surface area contributed by atoms with Crippen LogP contribution in [0.1, 0.15) is 39.0 Å². The Morgan fingerprint density at radius 1 is 1.17 bits per heavy atom. The van der Waals surface area contributed by atoms with Crippen molar-refractivity contribution in [2.45, 2.75) is 45.1 Å². The molecule has 0 aromatic carbocycles. The highest BCUT2D eigenvalue weighted by atomic mass is 14.7. The summed E-state index contributed by atoms with van der Waals surface area (Å²) in [6.45, 7) is 2.49. The summed E-state index contributed by atoms with van der Waals surface area (Å²) >= 11 is 0. The van der Waals surface area contributed by atoms with Crippen molar-refractivity contribution < 1.29 is 0 Å². The van der Waals surface area contributed by atoms with E-state index in [-0.39, 0.29) is 0 Å². The van der Waals surface area contributed by atoms with E-state index >= 15 is 0 Å². The molecule has 2 unspecified atom stereocenters. The highest BCUT2D eigenvalue weighted by molar-refractivity contribution is 5.11. The number of rotatable bonds is 0. The van der Waals surface area contributed by atoms with Gasteiger partial charge in [-0.2, -0.15) is 0 Å². The predicted molar refractivity (Wildman–Crippen MR) is 49.6 cm³/mol. The Kier molecular flexibility index (Phi) is 1.27. The highest BCUT2D eigenvalue weighted by Crippen LogP contribution is 2.69. The molecule has 1 heteroatoms. The lowest BCUT2D eigenvalue weighted by molar-refractivity contribution is -0.170. The Morgan fingerprint density at radius 2 is 1.92 bits per heavy atom. The van der Waals surface area contributed by atoms with Crippen LogP contribution in [0.4, 0.5) is 0 Å². The van der Waals surface area contributed by atoms with Gasteiger partial charge >= 0.3 is 0 Å². The van der Waals surface area contributed by atoms with Crippen molar-refractivity contribution in [3.63, 3.8) is 0 Å². The first-order valence-electron chi connectivity index (χ1n) is 5.45. The third kappa shape index (κ3) is 0.736. The van der Waals surface area contributed by atoms with Crippen molar-refractivity contribution >= 4 is 0 Å². The molecule has 0 bridgehead atoms. The molecule has 3 rings (SSSR count). The van der Waals surface area contributed by atoms with Crippen LogP contribution in [0.2, 0.25) is 0 Å². The van der Waals surface area contributed by atoms with Crippen molar-refractivity contribution in [2.75, 3.05) is 0 Å². The molecular formula is C11H19N. The number of nitrogens with two attached hydrogens (primary N) is 1. The first kappa shape index (κ1) is 7.37. The van der Waals surface area contributed by atoms with E-state index in [0.717, 1.165) is 23.2 Å². The molecule has 3 aliphatic rings. The molecule has 2 N–H and O–H groups in total. The molecule has 3 fully saturated rings. The summed E-state index contributed by atoms with van der Waals surface area (Å²) in [6, 6.07) is 0.533. The van der Waals surface area contributed by atoms with Crippen molar-refractivity contribution in [1.29, 1.82) is 0 Å². The fraction of sp³-hybridized carbons (Fsp3) is 1.00. The van der Waals surface area contributed by atoms with Crippen molar-refractivity contribution in [2.24, 2.45) is 28.9 Å². The molecule has 3 aliphatic carbocycles. The molecule has 0 heterocycles. The van der Waals surface area contributed by atoms with Gasteiger partial charge in [0.2, 0.25) is 0 Å². The van der Waals surface area contributed by atoms with E-state index in [9.17, 15) is 0 Å². The summed E-state index contributed by atoms with van der Waals surface area (Å²) in [5.74, 6) is 3.18. The summed E-state index contributed by atoms with van der Waals surface area (Å²) in [6.07, 6.45) is 7.06. The molecule has 1 nitrogen and oxygen atoms in total. The fourth-order valence-electron chi connectivity index (χ4n) is 4.46. The van der Waals surface area contributed by atoms with Gasteiger partial charge in [-0.3, -0.25) is 0 Å². The lowest BCUT2D eigenvalue weighted by Crippen LogP contribution is -2.58. The first-order chi connectivity index (χ1) is 5.69. The number of hydrogen-bond acceptors (Lipinski definition) is 1. The molecule has 0 saturated heterocycles. The predicted octanol–water partition coefficient (Wildman–Crippen LogP) is 2.16. The van der Waals surface area contributed by atoms with Gasteiger partial charge in [-0.05, 0) is 55.3 Å². The highest BCUT2D eigenvalue weighted by Gasteiger charge is 2.62. The topological polar surface area (TPSA) is 26.0 Å². The minimum absolute atomic E-state index is 0.533. The van der Waals surface area contributed by atoms with Crippen LogP contribution in [0.3, 0.4) is 0 Å². The van der Waals surface area contributed by atoms with E-state index in [1.54, 1.807) is 0 Å². The third-order valence-corrected chi connectivity index (χ3v) is 4.79. The summed E-state index contributed by atoms with van der Waals surface area (Å²) in [4.78, 5) is 0. The smallest absolute Gasteiger partial charge is 0.00416 e. The number of hydrogen-bond donors (Lipinski definition) is 1. The van der Waals surface area contributed by atoms with E-state index in [4.69, 9.17) is 5.73 Å². The Labute approximate surface area is 74.7 Å². The Bertz CT molecular complexity index is 213. The molecule has 0 aliphatic heterocycles. The van der Waals surface area contributed by atoms with E-state index in [1.165, 1.54) is 32.1 Å². The van der Waals surface area contributed by atoms with Crippen LogP contribution >= 0.6 is 0 Å². The molecule has 0 aromatic rings.